The Labute approximate surface area is 176 Å². The average molecular weight is 435 g/mol. The van der Waals surface area contributed by atoms with E-state index in [4.69, 9.17) is 4.74 Å². The number of rotatable bonds is 3. The van der Waals surface area contributed by atoms with Gasteiger partial charge in [0.15, 0.2) is 0 Å². The number of carbonyl (C=O) groups is 2. The highest BCUT2D eigenvalue weighted by Crippen LogP contribution is 2.24. The van der Waals surface area contributed by atoms with Crippen molar-refractivity contribution in [2.45, 2.75) is 30.7 Å². The third-order valence-corrected chi connectivity index (χ3v) is 7.15. The number of hydrogen-bond donors (Lipinski definition) is 1. The second-order valence-electron chi connectivity index (χ2n) is 7.82. The van der Waals surface area contributed by atoms with Gasteiger partial charge in [0.2, 0.25) is 11.8 Å². The van der Waals surface area contributed by atoms with Gasteiger partial charge in [-0.05, 0) is 31.9 Å². The molecule has 9 nitrogen and oxygen atoms in total. The number of sulfonamides is 1. The van der Waals surface area contributed by atoms with Crippen molar-refractivity contribution in [2.75, 3.05) is 39.4 Å². The molecule has 3 aliphatic rings. The number of ether oxygens (including phenoxy) is 1. The number of carbonyl (C=O) groups excluding carboxylic acids is 2. The van der Waals surface area contributed by atoms with Crippen LogP contribution in [0.1, 0.15) is 25.3 Å². The molecule has 162 valence electrons. The van der Waals surface area contributed by atoms with Crippen molar-refractivity contribution in [2.24, 2.45) is 10.9 Å². The van der Waals surface area contributed by atoms with Crippen LogP contribution in [-0.2, 0) is 24.3 Å². The molecule has 0 spiro atoms. The molecule has 0 radical (unpaired) electrons. The molecular weight excluding hydrogens is 408 g/mol. The number of fused-ring (bicyclic) bond motifs is 1. The molecule has 1 aromatic rings. The Morgan fingerprint density at radius 1 is 1.17 bits per heavy atom. The van der Waals surface area contributed by atoms with Gasteiger partial charge in [-0.2, -0.15) is 0 Å². The van der Waals surface area contributed by atoms with Crippen LogP contribution in [0.2, 0.25) is 0 Å². The largest absolute Gasteiger partial charge is 0.378 e. The van der Waals surface area contributed by atoms with E-state index >= 15 is 0 Å². The Bertz CT molecular complexity index is 971. The zero-order chi connectivity index (χ0) is 21.3. The van der Waals surface area contributed by atoms with Crippen LogP contribution in [0.4, 0.5) is 0 Å². The zero-order valence-electron chi connectivity index (χ0n) is 16.9. The predicted octanol–water partition coefficient (Wildman–Crippen LogP) is 0.211. The Balaban J connectivity index is 1.45. The highest BCUT2D eigenvalue weighted by Gasteiger charge is 2.35. The molecule has 2 amide bonds. The van der Waals surface area contributed by atoms with Crippen molar-refractivity contribution < 1.29 is 22.7 Å². The molecule has 4 rings (SSSR count). The van der Waals surface area contributed by atoms with Gasteiger partial charge >= 0.3 is 0 Å². The molecule has 0 aliphatic carbocycles. The summed E-state index contributed by atoms with van der Waals surface area (Å²) in [5.41, 5.74) is 0.469. The normalized spacial score (nSPS) is 25.5. The van der Waals surface area contributed by atoms with Gasteiger partial charge in [0.1, 0.15) is 11.9 Å². The second-order valence-corrected chi connectivity index (χ2v) is 9.47. The molecule has 1 N–H and O–H groups in total. The Morgan fingerprint density at radius 2 is 1.90 bits per heavy atom. The van der Waals surface area contributed by atoms with Crippen molar-refractivity contribution in [3.05, 3.63) is 29.8 Å². The van der Waals surface area contributed by atoms with Crippen LogP contribution in [0.3, 0.4) is 0 Å². The van der Waals surface area contributed by atoms with Crippen LogP contribution in [0.15, 0.2) is 34.2 Å². The Kier molecular flexibility index (Phi) is 5.79. The quantitative estimate of drug-likeness (QED) is 0.732. The van der Waals surface area contributed by atoms with Crippen LogP contribution in [-0.4, -0.2) is 81.3 Å². The molecule has 3 aliphatic heterocycles. The predicted molar refractivity (Wildman–Crippen MR) is 109 cm³/mol. The van der Waals surface area contributed by atoms with E-state index in [1.807, 2.05) is 4.90 Å². The lowest BCUT2D eigenvalue weighted by Crippen LogP contribution is -2.50. The number of amides is 2. The molecule has 0 bridgehead atoms. The monoisotopic (exact) mass is 434 g/mol. The van der Waals surface area contributed by atoms with E-state index in [-0.39, 0.29) is 28.5 Å². The summed E-state index contributed by atoms with van der Waals surface area (Å²) in [5.74, 6) is -0.159. The molecule has 2 atom stereocenters. The molecule has 2 fully saturated rings. The summed E-state index contributed by atoms with van der Waals surface area (Å²) in [5, 5.41) is 0. The zero-order valence-corrected chi connectivity index (χ0v) is 17.7. The summed E-state index contributed by atoms with van der Waals surface area (Å²) in [6, 6.07) is 5.80. The van der Waals surface area contributed by atoms with Gasteiger partial charge in [0, 0.05) is 31.7 Å². The van der Waals surface area contributed by atoms with Crippen LogP contribution < -0.4 is 4.72 Å². The first-order chi connectivity index (χ1) is 14.4. The fourth-order valence-electron chi connectivity index (χ4n) is 4.16. The van der Waals surface area contributed by atoms with E-state index in [0.717, 1.165) is 12.8 Å². The smallest absolute Gasteiger partial charge is 0.263 e. The van der Waals surface area contributed by atoms with E-state index < -0.39 is 16.1 Å². The summed E-state index contributed by atoms with van der Waals surface area (Å²) in [6.45, 7) is 4.87. The molecule has 3 heterocycles. The number of aliphatic imine (C=N–C) groups is 1. The van der Waals surface area contributed by atoms with E-state index in [1.165, 1.54) is 6.07 Å². The maximum absolute atomic E-state index is 13.0. The molecule has 10 heteroatoms. The first-order valence-electron chi connectivity index (χ1n) is 10.2. The van der Waals surface area contributed by atoms with Crippen molar-refractivity contribution in [1.82, 2.24) is 14.5 Å². The lowest BCUT2D eigenvalue weighted by molar-refractivity contribution is -0.144. The maximum atomic E-state index is 13.0. The number of hydrogen-bond acceptors (Lipinski definition) is 6. The SMILES string of the molecule is C[C@H](N=C1NS(=O)(=O)c2ccccc21)C(=O)N1CCCC(C(=O)N2CCOCC2)C1. The van der Waals surface area contributed by atoms with Crippen molar-refractivity contribution in [3.63, 3.8) is 0 Å². The van der Waals surface area contributed by atoms with Gasteiger partial charge in [0.25, 0.3) is 10.0 Å². The topological polar surface area (TPSA) is 108 Å². The Hall–Kier alpha value is -2.46. The van der Waals surface area contributed by atoms with Crippen molar-refractivity contribution >= 4 is 27.7 Å². The summed E-state index contributed by atoms with van der Waals surface area (Å²) in [4.78, 5) is 33.8. The van der Waals surface area contributed by atoms with E-state index in [1.54, 1.807) is 30.0 Å². The number of amidine groups is 1. The maximum Gasteiger partial charge on any atom is 0.263 e. The van der Waals surface area contributed by atoms with Gasteiger partial charge in [-0.25, -0.2) is 8.42 Å². The molecule has 2 saturated heterocycles. The average Bonchev–Trinajstić information content (AvgIpc) is 3.03. The minimum atomic E-state index is -3.65. The van der Waals surface area contributed by atoms with Crippen molar-refractivity contribution in [3.8, 4) is 0 Å². The Morgan fingerprint density at radius 3 is 2.67 bits per heavy atom. The molecule has 0 saturated carbocycles. The van der Waals surface area contributed by atoms with Gasteiger partial charge in [-0.3, -0.25) is 19.3 Å². The van der Waals surface area contributed by atoms with Gasteiger partial charge in [-0.1, -0.05) is 12.1 Å². The fourth-order valence-corrected chi connectivity index (χ4v) is 5.40. The van der Waals surface area contributed by atoms with Crippen LogP contribution in [0, 0.1) is 5.92 Å². The summed E-state index contributed by atoms with van der Waals surface area (Å²) in [7, 11) is -3.65. The van der Waals surface area contributed by atoms with Crippen LogP contribution >= 0.6 is 0 Å². The number of nitrogens with zero attached hydrogens (tertiary/aromatic N) is 3. The number of morpholine rings is 1. The molecule has 30 heavy (non-hydrogen) atoms. The fraction of sp³-hybridized carbons (Fsp3) is 0.550. The number of likely N-dealkylation sites (tertiary alicyclic amines) is 1. The number of benzene rings is 1. The van der Waals surface area contributed by atoms with Gasteiger partial charge in [-0.15, -0.1) is 0 Å². The van der Waals surface area contributed by atoms with Crippen molar-refractivity contribution in [1.29, 1.82) is 0 Å². The van der Waals surface area contributed by atoms with Gasteiger partial charge < -0.3 is 14.5 Å². The minimum absolute atomic E-state index is 0.0762. The van der Waals surface area contributed by atoms with Crippen LogP contribution in [0.25, 0.3) is 0 Å². The minimum Gasteiger partial charge on any atom is -0.378 e. The number of piperidine rings is 1. The third kappa shape index (κ3) is 4.06. The molecule has 0 aromatic heterocycles. The first-order valence-corrected chi connectivity index (χ1v) is 11.7. The third-order valence-electron chi connectivity index (χ3n) is 5.75. The van der Waals surface area contributed by atoms with E-state index in [2.05, 4.69) is 9.71 Å². The number of nitrogens with one attached hydrogen (secondary N) is 1. The van der Waals surface area contributed by atoms with Gasteiger partial charge in [0.05, 0.1) is 24.0 Å². The summed E-state index contributed by atoms with van der Waals surface area (Å²) < 4.78 is 32.2. The van der Waals surface area contributed by atoms with E-state index in [9.17, 15) is 18.0 Å². The molecule has 1 aromatic carbocycles. The standard InChI is InChI=1S/C20H26N4O5S/c1-14(21-18-16-6-2-3-7-17(16)30(27,28)22-18)19(25)24-8-4-5-15(13-24)20(26)23-9-11-29-12-10-23/h2-3,6-7,14-15H,4-5,8-13H2,1H3,(H,21,22)/t14-,15?/m0/s1. The van der Waals surface area contributed by atoms with E-state index in [0.29, 0.717) is 45.0 Å². The lowest BCUT2D eigenvalue weighted by Gasteiger charge is -2.36. The first kappa shape index (κ1) is 20.8. The molecular formula is C20H26N4O5S. The lowest BCUT2D eigenvalue weighted by atomic mass is 9.95. The summed E-state index contributed by atoms with van der Waals surface area (Å²) >= 11 is 0. The highest BCUT2D eigenvalue weighted by atomic mass is 32.2. The molecule has 1 unspecified atom stereocenters. The van der Waals surface area contributed by atoms with Crippen LogP contribution in [0.5, 0.6) is 0 Å². The second kappa shape index (κ2) is 8.35. The summed E-state index contributed by atoms with van der Waals surface area (Å²) in [6.07, 6.45) is 1.52. The highest BCUT2D eigenvalue weighted by molar-refractivity contribution is 7.90.